The molecule has 4 atom stereocenters. The van der Waals surface area contributed by atoms with E-state index < -0.39 is 24.6 Å². The minimum Gasteiger partial charge on any atom is -0.388 e. The summed E-state index contributed by atoms with van der Waals surface area (Å²) in [4.78, 5) is 0. The highest BCUT2D eigenvalue weighted by Crippen LogP contribution is 2.15. The molecule has 1 aliphatic heterocycles. The van der Waals surface area contributed by atoms with Gasteiger partial charge < -0.3 is 24.8 Å². The van der Waals surface area contributed by atoms with Crippen LogP contribution in [0.5, 0.6) is 0 Å². The Bertz CT molecular complexity index is 126. The third-order valence-corrected chi connectivity index (χ3v) is 1.69. The number of aliphatic hydroxyl groups is 3. The fourth-order valence-corrected chi connectivity index (χ4v) is 0.987. The topological polar surface area (TPSA) is 79.2 Å². The molecule has 3 N–H and O–H groups in total. The van der Waals surface area contributed by atoms with Crippen LogP contribution in [0.15, 0.2) is 0 Å². The lowest BCUT2D eigenvalue weighted by Gasteiger charge is -2.33. The standard InChI is InChI=1S/C6H12O5/c1-10-6-5(9)4(8)3(7)2-11-6/h3-9H,2H2,1H3/t3-,4-,5+,6+/m0/s1/i2+1. The van der Waals surface area contributed by atoms with Crippen LogP contribution in [0.1, 0.15) is 0 Å². The Labute approximate surface area is 64.2 Å². The predicted octanol–water partition coefficient (Wildman–Crippen LogP) is -1.93. The van der Waals surface area contributed by atoms with Gasteiger partial charge in [0.15, 0.2) is 6.29 Å². The second-order valence-electron chi connectivity index (χ2n) is 2.49. The monoisotopic (exact) mass is 165 g/mol. The molecule has 66 valence electrons. The fourth-order valence-electron chi connectivity index (χ4n) is 0.987. The van der Waals surface area contributed by atoms with E-state index in [0.29, 0.717) is 0 Å². The number of methoxy groups -OCH3 is 1. The van der Waals surface area contributed by atoms with Gasteiger partial charge in [0.05, 0.1) is 6.61 Å². The van der Waals surface area contributed by atoms with Gasteiger partial charge >= 0.3 is 0 Å². The second kappa shape index (κ2) is 3.46. The number of aliphatic hydroxyl groups excluding tert-OH is 3. The molecule has 0 radical (unpaired) electrons. The lowest BCUT2D eigenvalue weighted by atomic mass is 10.1. The van der Waals surface area contributed by atoms with Crippen LogP contribution < -0.4 is 0 Å². The predicted molar refractivity (Wildman–Crippen MR) is 34.8 cm³/mol. The van der Waals surface area contributed by atoms with Crippen LogP contribution in [-0.2, 0) is 9.47 Å². The maximum Gasteiger partial charge on any atom is 0.185 e. The Kier molecular flexibility index (Phi) is 2.80. The van der Waals surface area contributed by atoms with Gasteiger partial charge in [-0.05, 0) is 0 Å². The van der Waals surface area contributed by atoms with Gasteiger partial charge in [-0.15, -0.1) is 0 Å². The van der Waals surface area contributed by atoms with Crippen molar-refractivity contribution < 1.29 is 24.8 Å². The highest BCUT2D eigenvalue weighted by molar-refractivity contribution is 4.81. The lowest BCUT2D eigenvalue weighted by Crippen LogP contribution is -2.53. The largest absolute Gasteiger partial charge is 0.388 e. The quantitative estimate of drug-likeness (QED) is 0.394. The smallest absolute Gasteiger partial charge is 0.185 e. The van der Waals surface area contributed by atoms with Gasteiger partial charge in [-0.1, -0.05) is 0 Å². The molecule has 0 aromatic rings. The summed E-state index contributed by atoms with van der Waals surface area (Å²) in [6.45, 7) is -0.0171. The molecular formula is C6H12O5. The van der Waals surface area contributed by atoms with Crippen molar-refractivity contribution in [2.24, 2.45) is 0 Å². The fraction of sp³-hybridized carbons (Fsp3) is 1.00. The van der Waals surface area contributed by atoms with E-state index in [2.05, 4.69) is 4.74 Å². The summed E-state index contributed by atoms with van der Waals surface area (Å²) in [5.41, 5.74) is 0. The van der Waals surface area contributed by atoms with Crippen molar-refractivity contribution in [3.8, 4) is 0 Å². The first-order valence-corrected chi connectivity index (χ1v) is 3.35. The van der Waals surface area contributed by atoms with Crippen molar-refractivity contribution >= 4 is 0 Å². The minimum absolute atomic E-state index is 0.0171. The molecule has 0 amide bonds. The molecule has 1 heterocycles. The molecule has 0 saturated carbocycles. The Morgan fingerprint density at radius 1 is 1.27 bits per heavy atom. The molecule has 5 heteroatoms. The molecule has 0 aromatic carbocycles. The van der Waals surface area contributed by atoms with Gasteiger partial charge in [0.25, 0.3) is 0 Å². The first-order chi connectivity index (χ1) is 5.16. The minimum atomic E-state index is -1.19. The molecule has 1 rings (SSSR count). The molecule has 0 aromatic heterocycles. The second-order valence-corrected chi connectivity index (χ2v) is 2.49. The lowest BCUT2D eigenvalue weighted by molar-refractivity contribution is -0.261. The van der Waals surface area contributed by atoms with Crippen molar-refractivity contribution in [2.45, 2.75) is 24.6 Å². The van der Waals surface area contributed by atoms with Crippen LogP contribution in [0.3, 0.4) is 0 Å². The molecule has 0 spiro atoms. The molecule has 0 unspecified atom stereocenters. The van der Waals surface area contributed by atoms with Crippen molar-refractivity contribution in [1.29, 1.82) is 0 Å². The Balaban J connectivity index is 2.52. The number of rotatable bonds is 1. The normalized spacial score (nSPS) is 45.8. The number of ether oxygens (including phenoxy) is 2. The molecule has 1 fully saturated rings. The van der Waals surface area contributed by atoms with Crippen LogP contribution in [0.2, 0.25) is 0 Å². The maximum absolute atomic E-state index is 9.15. The van der Waals surface area contributed by atoms with E-state index in [1.54, 1.807) is 0 Å². The molecule has 1 saturated heterocycles. The summed E-state index contributed by atoms with van der Waals surface area (Å²) in [5, 5.41) is 27.2. The Morgan fingerprint density at radius 3 is 2.45 bits per heavy atom. The number of hydrogen-bond donors (Lipinski definition) is 3. The van der Waals surface area contributed by atoms with Gasteiger partial charge in [0.2, 0.25) is 0 Å². The van der Waals surface area contributed by atoms with Crippen molar-refractivity contribution in [2.75, 3.05) is 13.7 Å². The van der Waals surface area contributed by atoms with Crippen molar-refractivity contribution in [3.63, 3.8) is 0 Å². The van der Waals surface area contributed by atoms with Gasteiger partial charge in [-0.3, -0.25) is 0 Å². The number of hydrogen-bond acceptors (Lipinski definition) is 5. The zero-order valence-corrected chi connectivity index (χ0v) is 6.17. The van der Waals surface area contributed by atoms with Crippen LogP contribution in [0.4, 0.5) is 0 Å². The SMILES string of the molecule is CO[C@@H]1O[13CH2][C@H](O)[C@H](O)[C@H]1O. The summed E-state index contributed by atoms with van der Waals surface area (Å²) in [6, 6.07) is 0. The summed E-state index contributed by atoms with van der Waals surface area (Å²) in [5.74, 6) is 0. The zero-order chi connectivity index (χ0) is 8.43. The Morgan fingerprint density at radius 2 is 1.91 bits per heavy atom. The first-order valence-electron chi connectivity index (χ1n) is 3.35. The maximum atomic E-state index is 9.15. The van der Waals surface area contributed by atoms with Gasteiger partial charge in [-0.25, -0.2) is 0 Å². The zero-order valence-electron chi connectivity index (χ0n) is 6.17. The summed E-state index contributed by atoms with van der Waals surface area (Å²) in [7, 11) is 1.36. The van der Waals surface area contributed by atoms with Crippen molar-refractivity contribution in [1.82, 2.24) is 0 Å². The molecular weight excluding hydrogens is 153 g/mol. The molecule has 11 heavy (non-hydrogen) atoms. The van der Waals surface area contributed by atoms with Crippen LogP contribution >= 0.6 is 0 Å². The van der Waals surface area contributed by atoms with Crippen LogP contribution in [0.25, 0.3) is 0 Å². The average Bonchev–Trinajstić information content (AvgIpc) is 2.01. The van der Waals surface area contributed by atoms with E-state index in [4.69, 9.17) is 20.1 Å². The highest BCUT2D eigenvalue weighted by Gasteiger charge is 2.37. The molecule has 0 bridgehead atoms. The van der Waals surface area contributed by atoms with Gasteiger partial charge in [-0.2, -0.15) is 0 Å². The van der Waals surface area contributed by atoms with E-state index >= 15 is 0 Å². The summed E-state index contributed by atoms with van der Waals surface area (Å²) >= 11 is 0. The van der Waals surface area contributed by atoms with Crippen LogP contribution in [0, 0.1) is 0 Å². The van der Waals surface area contributed by atoms with E-state index in [9.17, 15) is 0 Å². The average molecular weight is 165 g/mol. The summed E-state index contributed by atoms with van der Waals surface area (Å²) in [6.07, 6.45) is -4.23. The third kappa shape index (κ3) is 1.69. The van der Waals surface area contributed by atoms with E-state index in [1.807, 2.05) is 0 Å². The van der Waals surface area contributed by atoms with Crippen molar-refractivity contribution in [3.05, 3.63) is 0 Å². The molecule has 5 nitrogen and oxygen atoms in total. The highest BCUT2D eigenvalue weighted by atomic mass is 16.7. The van der Waals surface area contributed by atoms with Gasteiger partial charge in [0, 0.05) is 7.11 Å². The van der Waals surface area contributed by atoms with Gasteiger partial charge in [0.1, 0.15) is 18.3 Å². The first kappa shape index (κ1) is 8.89. The molecule has 1 aliphatic rings. The van der Waals surface area contributed by atoms with E-state index in [0.717, 1.165) is 0 Å². The third-order valence-electron chi connectivity index (χ3n) is 1.69. The van der Waals surface area contributed by atoms with E-state index in [-0.39, 0.29) is 6.61 Å². The summed E-state index contributed by atoms with van der Waals surface area (Å²) < 4.78 is 9.52. The Hall–Kier alpha value is -0.200. The van der Waals surface area contributed by atoms with E-state index in [1.165, 1.54) is 7.11 Å². The van der Waals surface area contributed by atoms with Crippen LogP contribution in [-0.4, -0.2) is 53.6 Å². The molecule has 0 aliphatic carbocycles.